The maximum atomic E-state index is 5.17. The molecule has 1 saturated heterocycles. The molecule has 1 aliphatic rings. The first kappa shape index (κ1) is 13.8. The summed E-state index contributed by atoms with van der Waals surface area (Å²) in [5, 5.41) is 3.39. The number of nitrogens with one attached hydrogen (secondary N) is 1. The van der Waals surface area contributed by atoms with Gasteiger partial charge >= 0.3 is 0 Å². The Morgan fingerprint density at radius 1 is 1.00 bits per heavy atom. The molecular formula is C16H20N4O. The molecule has 2 heterocycles. The van der Waals surface area contributed by atoms with Crippen LogP contribution in [0.1, 0.15) is 6.42 Å². The number of rotatable bonds is 3. The highest BCUT2D eigenvalue weighted by Crippen LogP contribution is 2.22. The van der Waals surface area contributed by atoms with Crippen LogP contribution in [-0.4, -0.2) is 43.3 Å². The number of hydrogen-bond donors (Lipinski definition) is 1. The molecule has 0 spiro atoms. The Hall–Kier alpha value is -2.14. The molecule has 1 N–H and O–H groups in total. The van der Waals surface area contributed by atoms with Crippen LogP contribution in [0.25, 0.3) is 11.1 Å². The number of hydrogen-bond acceptors (Lipinski definition) is 5. The summed E-state index contributed by atoms with van der Waals surface area (Å²) in [7, 11) is 1.67. The van der Waals surface area contributed by atoms with E-state index in [2.05, 4.69) is 20.2 Å². The van der Waals surface area contributed by atoms with Gasteiger partial charge in [0, 0.05) is 37.6 Å². The summed E-state index contributed by atoms with van der Waals surface area (Å²) in [4.78, 5) is 11.3. The van der Waals surface area contributed by atoms with E-state index in [4.69, 9.17) is 4.74 Å². The maximum Gasteiger partial charge on any atom is 0.225 e. The van der Waals surface area contributed by atoms with Gasteiger partial charge in [-0.25, -0.2) is 9.97 Å². The topological polar surface area (TPSA) is 50.3 Å². The molecule has 0 bridgehead atoms. The monoisotopic (exact) mass is 284 g/mol. The van der Waals surface area contributed by atoms with Crippen molar-refractivity contribution in [2.24, 2.45) is 0 Å². The van der Waals surface area contributed by atoms with Crippen molar-refractivity contribution in [1.29, 1.82) is 0 Å². The highest BCUT2D eigenvalue weighted by Gasteiger charge is 2.11. The van der Waals surface area contributed by atoms with E-state index < -0.39 is 0 Å². The lowest BCUT2D eigenvalue weighted by Gasteiger charge is -2.19. The van der Waals surface area contributed by atoms with Crippen molar-refractivity contribution in [2.45, 2.75) is 6.42 Å². The van der Waals surface area contributed by atoms with Crippen molar-refractivity contribution in [2.75, 3.05) is 38.2 Å². The highest BCUT2D eigenvalue weighted by molar-refractivity contribution is 5.62. The average Bonchev–Trinajstić information content (AvgIpc) is 2.84. The molecule has 0 saturated carbocycles. The summed E-state index contributed by atoms with van der Waals surface area (Å²) in [5.74, 6) is 1.67. The number of methoxy groups -OCH3 is 1. The fraction of sp³-hybridized carbons (Fsp3) is 0.375. The second-order valence-electron chi connectivity index (χ2n) is 5.09. The molecule has 1 aromatic carbocycles. The van der Waals surface area contributed by atoms with Crippen LogP contribution in [0.3, 0.4) is 0 Å². The van der Waals surface area contributed by atoms with E-state index in [0.29, 0.717) is 0 Å². The smallest absolute Gasteiger partial charge is 0.225 e. The van der Waals surface area contributed by atoms with Crippen molar-refractivity contribution < 1.29 is 4.74 Å². The normalized spacial score (nSPS) is 15.6. The van der Waals surface area contributed by atoms with E-state index in [0.717, 1.165) is 55.4 Å². The Kier molecular flexibility index (Phi) is 4.31. The SMILES string of the molecule is COc1ccc(-c2cnc(N3CCCNCC3)nc2)cc1. The van der Waals surface area contributed by atoms with Crippen LogP contribution in [0.4, 0.5) is 5.95 Å². The van der Waals surface area contributed by atoms with E-state index in [9.17, 15) is 0 Å². The zero-order valence-corrected chi connectivity index (χ0v) is 12.2. The van der Waals surface area contributed by atoms with Crippen LogP contribution < -0.4 is 15.0 Å². The van der Waals surface area contributed by atoms with E-state index in [-0.39, 0.29) is 0 Å². The molecule has 1 aromatic heterocycles. The van der Waals surface area contributed by atoms with Crippen LogP contribution in [0, 0.1) is 0 Å². The van der Waals surface area contributed by atoms with Gasteiger partial charge in [-0.2, -0.15) is 0 Å². The summed E-state index contributed by atoms with van der Waals surface area (Å²) >= 11 is 0. The minimum Gasteiger partial charge on any atom is -0.497 e. The summed E-state index contributed by atoms with van der Waals surface area (Å²) in [5.41, 5.74) is 2.12. The van der Waals surface area contributed by atoms with Gasteiger partial charge in [-0.15, -0.1) is 0 Å². The second-order valence-corrected chi connectivity index (χ2v) is 5.09. The first-order valence-corrected chi connectivity index (χ1v) is 7.29. The summed E-state index contributed by atoms with van der Waals surface area (Å²) in [6, 6.07) is 7.94. The lowest BCUT2D eigenvalue weighted by molar-refractivity contribution is 0.415. The zero-order chi connectivity index (χ0) is 14.5. The van der Waals surface area contributed by atoms with Crippen molar-refractivity contribution >= 4 is 5.95 Å². The third-order valence-electron chi connectivity index (χ3n) is 3.68. The molecule has 0 unspecified atom stereocenters. The molecule has 2 aromatic rings. The quantitative estimate of drug-likeness (QED) is 0.933. The molecule has 0 atom stereocenters. The summed E-state index contributed by atoms with van der Waals surface area (Å²) in [6.45, 7) is 4.03. The van der Waals surface area contributed by atoms with Gasteiger partial charge in [0.2, 0.25) is 5.95 Å². The van der Waals surface area contributed by atoms with E-state index in [1.807, 2.05) is 36.7 Å². The predicted octanol–water partition coefficient (Wildman–Crippen LogP) is 1.95. The molecule has 0 radical (unpaired) electrons. The minimum atomic E-state index is 0.816. The Labute approximate surface area is 125 Å². The number of ether oxygens (including phenoxy) is 1. The fourth-order valence-corrected chi connectivity index (χ4v) is 2.46. The van der Waals surface area contributed by atoms with Gasteiger partial charge in [0.1, 0.15) is 5.75 Å². The zero-order valence-electron chi connectivity index (χ0n) is 12.2. The average molecular weight is 284 g/mol. The van der Waals surface area contributed by atoms with Gasteiger partial charge in [0.25, 0.3) is 0 Å². The Morgan fingerprint density at radius 2 is 1.76 bits per heavy atom. The van der Waals surface area contributed by atoms with Gasteiger partial charge in [-0.05, 0) is 30.7 Å². The Balaban J connectivity index is 1.76. The van der Waals surface area contributed by atoms with Gasteiger partial charge < -0.3 is 15.0 Å². The predicted molar refractivity (Wildman–Crippen MR) is 83.7 cm³/mol. The first-order valence-electron chi connectivity index (χ1n) is 7.29. The third-order valence-corrected chi connectivity index (χ3v) is 3.68. The Bertz CT molecular complexity index is 560. The van der Waals surface area contributed by atoms with Crippen molar-refractivity contribution in [3.8, 4) is 16.9 Å². The summed E-state index contributed by atoms with van der Waals surface area (Å²) in [6.07, 6.45) is 4.91. The molecular weight excluding hydrogens is 264 g/mol. The molecule has 0 amide bonds. The number of benzene rings is 1. The van der Waals surface area contributed by atoms with Crippen LogP contribution in [0.5, 0.6) is 5.75 Å². The highest BCUT2D eigenvalue weighted by atomic mass is 16.5. The molecule has 5 nitrogen and oxygen atoms in total. The standard InChI is InChI=1S/C16H20N4O/c1-21-15-5-3-13(4-6-15)14-11-18-16(19-12-14)20-9-2-7-17-8-10-20/h3-6,11-12,17H,2,7-10H2,1H3. The fourth-order valence-electron chi connectivity index (χ4n) is 2.46. The molecule has 3 rings (SSSR count). The lowest BCUT2D eigenvalue weighted by atomic mass is 10.1. The molecule has 5 heteroatoms. The van der Waals surface area contributed by atoms with E-state index >= 15 is 0 Å². The van der Waals surface area contributed by atoms with Crippen molar-refractivity contribution in [3.05, 3.63) is 36.7 Å². The van der Waals surface area contributed by atoms with Gasteiger partial charge in [0.15, 0.2) is 0 Å². The third kappa shape index (κ3) is 3.31. The minimum absolute atomic E-state index is 0.816. The molecule has 0 aliphatic carbocycles. The van der Waals surface area contributed by atoms with Crippen LogP contribution in [0.2, 0.25) is 0 Å². The maximum absolute atomic E-state index is 5.17. The number of nitrogens with zero attached hydrogens (tertiary/aromatic N) is 3. The lowest BCUT2D eigenvalue weighted by Crippen LogP contribution is -2.29. The molecule has 110 valence electrons. The van der Waals surface area contributed by atoms with E-state index in [1.54, 1.807) is 7.11 Å². The molecule has 1 fully saturated rings. The molecule has 21 heavy (non-hydrogen) atoms. The van der Waals surface area contributed by atoms with Crippen molar-refractivity contribution in [1.82, 2.24) is 15.3 Å². The van der Waals surface area contributed by atoms with Gasteiger partial charge in [-0.3, -0.25) is 0 Å². The number of anilines is 1. The van der Waals surface area contributed by atoms with Gasteiger partial charge in [0.05, 0.1) is 7.11 Å². The van der Waals surface area contributed by atoms with Crippen LogP contribution in [-0.2, 0) is 0 Å². The summed E-state index contributed by atoms with van der Waals surface area (Å²) < 4.78 is 5.17. The van der Waals surface area contributed by atoms with Crippen molar-refractivity contribution in [3.63, 3.8) is 0 Å². The Morgan fingerprint density at radius 3 is 2.48 bits per heavy atom. The van der Waals surface area contributed by atoms with Gasteiger partial charge in [-0.1, -0.05) is 12.1 Å². The first-order chi connectivity index (χ1) is 10.4. The van der Waals surface area contributed by atoms with Crippen LogP contribution in [0.15, 0.2) is 36.7 Å². The van der Waals surface area contributed by atoms with Crippen LogP contribution >= 0.6 is 0 Å². The van der Waals surface area contributed by atoms with E-state index in [1.165, 1.54) is 0 Å². The molecule has 1 aliphatic heterocycles. The second kappa shape index (κ2) is 6.54. The largest absolute Gasteiger partial charge is 0.497 e. The number of aromatic nitrogens is 2.